The van der Waals surface area contributed by atoms with Crippen LogP contribution < -0.4 is 0 Å². The maximum atomic E-state index is 11.8. The Morgan fingerprint density at radius 3 is 2.17 bits per heavy atom. The highest BCUT2D eigenvalue weighted by Gasteiger charge is 2.02. The van der Waals surface area contributed by atoms with E-state index in [1.165, 1.54) is 6.42 Å². The van der Waals surface area contributed by atoms with Crippen LogP contribution in [0.4, 0.5) is 0 Å². The summed E-state index contributed by atoms with van der Waals surface area (Å²) in [6, 6.07) is 0. The van der Waals surface area contributed by atoms with E-state index in [2.05, 4.69) is 55.2 Å². The second-order valence-electron chi connectivity index (χ2n) is 8.66. The number of hydrogen-bond donors (Lipinski definition) is 0. The van der Waals surface area contributed by atoms with Crippen molar-refractivity contribution in [1.29, 1.82) is 0 Å². The van der Waals surface area contributed by atoms with E-state index in [1.807, 2.05) is 0 Å². The lowest BCUT2D eigenvalue weighted by Crippen LogP contribution is -2.09. The third-order valence-corrected chi connectivity index (χ3v) is 5.27. The summed E-state index contributed by atoms with van der Waals surface area (Å²) in [5, 5.41) is 0. The van der Waals surface area contributed by atoms with Gasteiger partial charge in [0.2, 0.25) is 0 Å². The first-order valence-corrected chi connectivity index (χ1v) is 14.0. The quantitative estimate of drug-likeness (QED) is 0.0427. The predicted molar refractivity (Wildman–Crippen MR) is 150 cm³/mol. The summed E-state index contributed by atoms with van der Waals surface area (Å²) >= 11 is 0. The monoisotopic (exact) mass is 504 g/mol. The second kappa shape index (κ2) is 31.2. The molecule has 0 atom stereocenters. The summed E-state index contributed by atoms with van der Waals surface area (Å²) in [5.74, 6) is 6.39. The van der Waals surface area contributed by atoms with Gasteiger partial charge < -0.3 is 18.9 Å². The fourth-order valence-electron chi connectivity index (χ4n) is 3.16. The van der Waals surface area contributed by atoms with E-state index in [0.29, 0.717) is 39.5 Å². The lowest BCUT2D eigenvalue weighted by molar-refractivity contribution is -0.143. The number of rotatable bonds is 25. The molecule has 0 aromatic heterocycles. The molecule has 0 rings (SSSR count). The largest absolute Gasteiger partial charge is 0.466 e. The van der Waals surface area contributed by atoms with Gasteiger partial charge in [-0.3, -0.25) is 4.79 Å². The molecule has 0 amide bonds. The van der Waals surface area contributed by atoms with Crippen LogP contribution in [0, 0.1) is 11.8 Å². The van der Waals surface area contributed by atoms with Crippen LogP contribution in [0.5, 0.6) is 0 Å². The summed E-state index contributed by atoms with van der Waals surface area (Å²) in [4.78, 5) is 11.8. The van der Waals surface area contributed by atoms with E-state index in [9.17, 15) is 4.79 Å². The molecule has 0 heterocycles. The topological polar surface area (TPSA) is 54.0 Å². The molecule has 0 aromatic rings. The summed E-state index contributed by atoms with van der Waals surface area (Å²) in [7, 11) is 1.66. The Kier molecular flexibility index (Phi) is 29.5. The average molecular weight is 505 g/mol. The summed E-state index contributed by atoms with van der Waals surface area (Å²) < 4.78 is 21.0. The normalized spacial score (nSPS) is 11.5. The lowest BCUT2D eigenvalue weighted by Gasteiger charge is -2.06. The van der Waals surface area contributed by atoms with Crippen molar-refractivity contribution in [2.75, 3.05) is 46.8 Å². The molecule has 5 heteroatoms. The van der Waals surface area contributed by atoms with Gasteiger partial charge in [0.25, 0.3) is 0 Å². The standard InChI is InChI=1S/C31H52O5/c1-3-4-5-6-7-8-9-10-11-12-13-14-15-16-17-18-19-21-24-31(32)36-26-23-20-22-25-34-29-30-35-28-27-33-2/h5-8,15-16H,3-4,9-11,14,17-30H2,1-2H3/b6-5+,8-7+,16-15+. The molecule has 0 saturated heterocycles. The number of ether oxygens (including phenoxy) is 4. The van der Waals surface area contributed by atoms with Gasteiger partial charge in [-0.25, -0.2) is 0 Å². The maximum absolute atomic E-state index is 11.8. The van der Waals surface area contributed by atoms with Crippen molar-refractivity contribution in [2.45, 2.75) is 96.8 Å². The SMILES string of the molecule is CCC/C=C/C=C/CCCC#CC/C=C/CCCCCC(=O)OCCCCCOCCOCCOC. The Hall–Kier alpha value is -1.87. The first-order chi connectivity index (χ1) is 17.8. The van der Waals surface area contributed by atoms with Gasteiger partial charge in [0.1, 0.15) is 0 Å². The Morgan fingerprint density at radius 1 is 0.667 bits per heavy atom. The smallest absolute Gasteiger partial charge is 0.305 e. The molecule has 36 heavy (non-hydrogen) atoms. The highest BCUT2D eigenvalue weighted by atomic mass is 16.5. The van der Waals surface area contributed by atoms with Gasteiger partial charge in [-0.1, -0.05) is 62.1 Å². The Balaban J connectivity index is 3.35. The van der Waals surface area contributed by atoms with Gasteiger partial charge in [-0.2, -0.15) is 0 Å². The Bertz CT molecular complexity index is 612. The Labute approximate surface area is 221 Å². The van der Waals surface area contributed by atoms with E-state index < -0.39 is 0 Å². The number of hydrogen-bond acceptors (Lipinski definition) is 5. The minimum atomic E-state index is -0.0753. The van der Waals surface area contributed by atoms with Crippen molar-refractivity contribution in [3.63, 3.8) is 0 Å². The molecule has 0 aliphatic rings. The van der Waals surface area contributed by atoms with Gasteiger partial charge in [-0.15, -0.1) is 5.92 Å². The molecule has 0 saturated carbocycles. The third-order valence-electron chi connectivity index (χ3n) is 5.27. The van der Waals surface area contributed by atoms with Gasteiger partial charge in [0.15, 0.2) is 0 Å². The number of carbonyl (C=O) groups excluding carboxylic acids is 1. The summed E-state index contributed by atoms with van der Waals surface area (Å²) in [5.41, 5.74) is 0. The second-order valence-corrected chi connectivity index (χ2v) is 8.66. The lowest BCUT2D eigenvalue weighted by atomic mass is 10.1. The van der Waals surface area contributed by atoms with Crippen molar-refractivity contribution < 1.29 is 23.7 Å². The van der Waals surface area contributed by atoms with Crippen LogP contribution >= 0.6 is 0 Å². The number of unbranched alkanes of at least 4 members (excludes halogenated alkanes) is 8. The predicted octanol–water partition coefficient (Wildman–Crippen LogP) is 7.36. The number of carbonyl (C=O) groups is 1. The van der Waals surface area contributed by atoms with Crippen LogP contribution in [-0.2, 0) is 23.7 Å². The molecule has 0 spiro atoms. The van der Waals surface area contributed by atoms with Crippen LogP contribution in [-0.4, -0.2) is 52.7 Å². The number of allylic oxidation sites excluding steroid dienone is 6. The minimum Gasteiger partial charge on any atom is -0.466 e. The van der Waals surface area contributed by atoms with Crippen molar-refractivity contribution in [3.05, 3.63) is 36.5 Å². The molecule has 5 nitrogen and oxygen atoms in total. The van der Waals surface area contributed by atoms with Gasteiger partial charge in [0.05, 0.1) is 33.0 Å². The zero-order chi connectivity index (χ0) is 26.2. The van der Waals surface area contributed by atoms with Crippen LogP contribution in [0.1, 0.15) is 96.8 Å². The maximum Gasteiger partial charge on any atom is 0.305 e. The van der Waals surface area contributed by atoms with Crippen molar-refractivity contribution in [1.82, 2.24) is 0 Å². The zero-order valence-electron chi connectivity index (χ0n) is 23.1. The molecule has 0 aromatic carbocycles. The van der Waals surface area contributed by atoms with Crippen molar-refractivity contribution in [2.24, 2.45) is 0 Å². The van der Waals surface area contributed by atoms with E-state index >= 15 is 0 Å². The molecular formula is C31H52O5. The van der Waals surface area contributed by atoms with Crippen molar-refractivity contribution >= 4 is 5.97 Å². The summed E-state index contributed by atoms with van der Waals surface area (Å²) in [6.45, 7) is 5.85. The highest BCUT2D eigenvalue weighted by Crippen LogP contribution is 2.06. The van der Waals surface area contributed by atoms with Crippen LogP contribution in [0.25, 0.3) is 0 Å². The van der Waals surface area contributed by atoms with Crippen LogP contribution in [0.3, 0.4) is 0 Å². The van der Waals surface area contributed by atoms with E-state index in [4.69, 9.17) is 18.9 Å². The van der Waals surface area contributed by atoms with Gasteiger partial charge >= 0.3 is 5.97 Å². The molecule has 206 valence electrons. The Morgan fingerprint density at radius 2 is 1.36 bits per heavy atom. The first kappa shape index (κ1) is 34.1. The summed E-state index contributed by atoms with van der Waals surface area (Å²) in [6.07, 6.45) is 26.9. The van der Waals surface area contributed by atoms with E-state index in [0.717, 1.165) is 83.7 Å². The average Bonchev–Trinajstić information content (AvgIpc) is 2.88. The first-order valence-electron chi connectivity index (χ1n) is 14.0. The molecule has 0 radical (unpaired) electrons. The van der Waals surface area contributed by atoms with Crippen molar-refractivity contribution in [3.8, 4) is 11.8 Å². The fraction of sp³-hybridized carbons (Fsp3) is 0.710. The molecule has 0 fully saturated rings. The molecular weight excluding hydrogens is 452 g/mol. The number of esters is 1. The van der Waals surface area contributed by atoms with Crippen LogP contribution in [0.15, 0.2) is 36.5 Å². The van der Waals surface area contributed by atoms with Gasteiger partial charge in [0, 0.05) is 33.0 Å². The minimum absolute atomic E-state index is 0.0753. The molecule has 0 aliphatic carbocycles. The third kappa shape index (κ3) is 30.2. The van der Waals surface area contributed by atoms with E-state index in [-0.39, 0.29) is 5.97 Å². The van der Waals surface area contributed by atoms with Crippen LogP contribution in [0.2, 0.25) is 0 Å². The van der Waals surface area contributed by atoms with E-state index in [1.54, 1.807) is 7.11 Å². The molecule has 0 aliphatic heterocycles. The highest BCUT2D eigenvalue weighted by molar-refractivity contribution is 5.69. The molecule has 0 unspecified atom stereocenters. The van der Waals surface area contributed by atoms with Gasteiger partial charge in [-0.05, 0) is 57.8 Å². The number of methoxy groups -OCH3 is 1. The molecule has 0 bridgehead atoms. The molecule has 0 N–H and O–H groups in total. The zero-order valence-corrected chi connectivity index (χ0v) is 23.1. The fourth-order valence-corrected chi connectivity index (χ4v) is 3.16.